The molecular formula is C7H8N4. The molecule has 0 fully saturated rings. The number of hydrogen-bond donors (Lipinski definition) is 1. The van der Waals surface area contributed by atoms with Crippen LogP contribution in [0.15, 0.2) is 18.6 Å². The second kappa shape index (κ2) is 1.95. The number of aryl methyl sites for hydroxylation is 1. The standard InChI is InChI=1S/C7H8N4/c1-5-4-10-11-3-2-9-7(8)6(5)11/h2-4H,1H3,(H2,8,9). The number of nitrogens with zero attached hydrogens (tertiary/aromatic N) is 3. The lowest BCUT2D eigenvalue weighted by Gasteiger charge is -1.95. The van der Waals surface area contributed by atoms with Crippen LogP contribution >= 0.6 is 0 Å². The molecule has 0 atom stereocenters. The predicted octanol–water partition coefficient (Wildman–Crippen LogP) is 0.620. The zero-order chi connectivity index (χ0) is 7.84. The highest BCUT2D eigenvalue weighted by molar-refractivity contribution is 5.68. The molecule has 2 rings (SSSR count). The van der Waals surface area contributed by atoms with Crippen molar-refractivity contribution >= 4 is 11.3 Å². The van der Waals surface area contributed by atoms with Crippen molar-refractivity contribution < 1.29 is 0 Å². The van der Waals surface area contributed by atoms with Gasteiger partial charge in [0.2, 0.25) is 0 Å². The van der Waals surface area contributed by atoms with E-state index in [-0.39, 0.29) is 0 Å². The summed E-state index contributed by atoms with van der Waals surface area (Å²) in [6.07, 6.45) is 5.18. The van der Waals surface area contributed by atoms with E-state index in [2.05, 4.69) is 10.1 Å². The number of aromatic nitrogens is 3. The van der Waals surface area contributed by atoms with Crippen LogP contribution in [0.3, 0.4) is 0 Å². The molecule has 2 aromatic rings. The fraction of sp³-hybridized carbons (Fsp3) is 0.143. The number of hydrogen-bond acceptors (Lipinski definition) is 3. The van der Waals surface area contributed by atoms with Crippen molar-refractivity contribution in [1.82, 2.24) is 14.6 Å². The molecule has 0 saturated heterocycles. The van der Waals surface area contributed by atoms with E-state index in [1.807, 2.05) is 6.92 Å². The maximum atomic E-state index is 5.63. The van der Waals surface area contributed by atoms with E-state index >= 15 is 0 Å². The van der Waals surface area contributed by atoms with Gasteiger partial charge in [-0.25, -0.2) is 9.50 Å². The van der Waals surface area contributed by atoms with Crippen molar-refractivity contribution in [3.8, 4) is 0 Å². The maximum Gasteiger partial charge on any atom is 0.149 e. The van der Waals surface area contributed by atoms with Gasteiger partial charge in [0.1, 0.15) is 11.3 Å². The fourth-order valence-corrected chi connectivity index (χ4v) is 1.12. The predicted molar refractivity (Wildman–Crippen MR) is 42.1 cm³/mol. The normalized spacial score (nSPS) is 10.6. The highest BCUT2D eigenvalue weighted by Gasteiger charge is 2.01. The van der Waals surface area contributed by atoms with Gasteiger partial charge in [-0.3, -0.25) is 0 Å². The van der Waals surface area contributed by atoms with Crippen molar-refractivity contribution in [2.24, 2.45) is 0 Å². The monoisotopic (exact) mass is 148 g/mol. The van der Waals surface area contributed by atoms with Crippen LogP contribution < -0.4 is 5.73 Å². The third kappa shape index (κ3) is 0.756. The van der Waals surface area contributed by atoms with E-state index in [0.717, 1.165) is 11.1 Å². The van der Waals surface area contributed by atoms with Crippen molar-refractivity contribution in [2.75, 3.05) is 5.73 Å². The summed E-state index contributed by atoms with van der Waals surface area (Å²) in [6.45, 7) is 1.96. The van der Waals surface area contributed by atoms with Gasteiger partial charge in [0.25, 0.3) is 0 Å². The van der Waals surface area contributed by atoms with E-state index in [0.29, 0.717) is 5.82 Å². The van der Waals surface area contributed by atoms with Crippen molar-refractivity contribution in [2.45, 2.75) is 6.92 Å². The van der Waals surface area contributed by atoms with Crippen LogP contribution in [0.5, 0.6) is 0 Å². The van der Waals surface area contributed by atoms with Gasteiger partial charge in [0.05, 0.1) is 6.20 Å². The smallest absolute Gasteiger partial charge is 0.149 e. The van der Waals surface area contributed by atoms with Gasteiger partial charge >= 0.3 is 0 Å². The Kier molecular flexibility index (Phi) is 1.09. The van der Waals surface area contributed by atoms with Crippen LogP contribution in [0.1, 0.15) is 5.56 Å². The Bertz CT molecular complexity index is 390. The molecule has 2 heterocycles. The van der Waals surface area contributed by atoms with E-state index in [1.54, 1.807) is 23.1 Å². The van der Waals surface area contributed by atoms with Crippen LogP contribution in [0.25, 0.3) is 5.52 Å². The summed E-state index contributed by atoms with van der Waals surface area (Å²) in [5.41, 5.74) is 7.58. The van der Waals surface area contributed by atoms with Gasteiger partial charge in [0, 0.05) is 12.4 Å². The Morgan fingerprint density at radius 1 is 1.55 bits per heavy atom. The summed E-state index contributed by atoms with van der Waals surface area (Å²) in [5.74, 6) is 0.530. The first-order chi connectivity index (χ1) is 5.29. The largest absolute Gasteiger partial charge is 0.382 e. The summed E-state index contributed by atoms with van der Waals surface area (Å²) in [4.78, 5) is 3.96. The molecule has 0 saturated carbocycles. The quantitative estimate of drug-likeness (QED) is 0.595. The average molecular weight is 148 g/mol. The Labute approximate surface area is 63.7 Å². The highest BCUT2D eigenvalue weighted by atomic mass is 15.2. The number of rotatable bonds is 0. The molecule has 0 aromatic carbocycles. The van der Waals surface area contributed by atoms with Crippen molar-refractivity contribution in [3.05, 3.63) is 24.2 Å². The molecule has 4 nitrogen and oxygen atoms in total. The van der Waals surface area contributed by atoms with E-state index in [1.165, 1.54) is 0 Å². The molecule has 56 valence electrons. The van der Waals surface area contributed by atoms with Crippen LogP contribution in [-0.2, 0) is 0 Å². The van der Waals surface area contributed by atoms with Crippen molar-refractivity contribution in [1.29, 1.82) is 0 Å². The van der Waals surface area contributed by atoms with Crippen LogP contribution in [0, 0.1) is 6.92 Å². The SMILES string of the molecule is Cc1cnn2ccnc(N)c12. The topological polar surface area (TPSA) is 56.2 Å². The van der Waals surface area contributed by atoms with Gasteiger partial charge in [-0.2, -0.15) is 5.10 Å². The summed E-state index contributed by atoms with van der Waals surface area (Å²) in [5, 5.41) is 4.08. The Morgan fingerprint density at radius 3 is 3.09 bits per heavy atom. The lowest BCUT2D eigenvalue weighted by molar-refractivity contribution is 0.949. The molecule has 0 aliphatic heterocycles. The third-order valence-corrected chi connectivity index (χ3v) is 1.64. The van der Waals surface area contributed by atoms with Gasteiger partial charge in [0.15, 0.2) is 0 Å². The molecule has 0 spiro atoms. The molecule has 0 bridgehead atoms. The molecule has 0 aliphatic rings. The van der Waals surface area contributed by atoms with E-state index < -0.39 is 0 Å². The minimum Gasteiger partial charge on any atom is -0.382 e. The molecule has 0 aliphatic carbocycles. The van der Waals surface area contributed by atoms with Gasteiger partial charge in [-0.15, -0.1) is 0 Å². The zero-order valence-electron chi connectivity index (χ0n) is 6.15. The number of anilines is 1. The molecule has 4 heteroatoms. The zero-order valence-corrected chi connectivity index (χ0v) is 6.15. The molecule has 0 unspecified atom stereocenters. The lowest BCUT2D eigenvalue weighted by atomic mass is 10.3. The van der Waals surface area contributed by atoms with Crippen LogP contribution in [-0.4, -0.2) is 14.6 Å². The molecule has 11 heavy (non-hydrogen) atoms. The second-order valence-corrected chi connectivity index (χ2v) is 2.43. The summed E-state index contributed by atoms with van der Waals surface area (Å²) in [6, 6.07) is 0. The Hall–Kier alpha value is -1.58. The first-order valence-corrected chi connectivity index (χ1v) is 3.33. The van der Waals surface area contributed by atoms with Crippen molar-refractivity contribution in [3.63, 3.8) is 0 Å². The summed E-state index contributed by atoms with van der Waals surface area (Å²) in [7, 11) is 0. The molecule has 2 aromatic heterocycles. The minimum absolute atomic E-state index is 0.530. The number of nitrogens with two attached hydrogens (primary N) is 1. The lowest BCUT2D eigenvalue weighted by Crippen LogP contribution is -1.95. The highest BCUT2D eigenvalue weighted by Crippen LogP contribution is 2.13. The minimum atomic E-state index is 0.530. The fourth-order valence-electron chi connectivity index (χ4n) is 1.12. The average Bonchev–Trinajstić information content (AvgIpc) is 2.34. The molecule has 0 amide bonds. The van der Waals surface area contributed by atoms with Gasteiger partial charge < -0.3 is 5.73 Å². The molecule has 0 radical (unpaired) electrons. The summed E-state index contributed by atoms with van der Waals surface area (Å²) < 4.78 is 1.72. The molecule has 2 N–H and O–H groups in total. The van der Waals surface area contributed by atoms with Gasteiger partial charge in [-0.05, 0) is 12.5 Å². The Morgan fingerprint density at radius 2 is 2.36 bits per heavy atom. The van der Waals surface area contributed by atoms with Crippen LogP contribution in [0.2, 0.25) is 0 Å². The number of nitrogen functional groups attached to an aromatic ring is 1. The first-order valence-electron chi connectivity index (χ1n) is 3.33. The second-order valence-electron chi connectivity index (χ2n) is 2.43. The molecular weight excluding hydrogens is 140 g/mol. The Balaban J connectivity index is 2.96. The third-order valence-electron chi connectivity index (χ3n) is 1.64. The number of fused-ring (bicyclic) bond motifs is 1. The van der Waals surface area contributed by atoms with E-state index in [4.69, 9.17) is 5.73 Å². The van der Waals surface area contributed by atoms with E-state index in [9.17, 15) is 0 Å². The summed E-state index contributed by atoms with van der Waals surface area (Å²) >= 11 is 0. The van der Waals surface area contributed by atoms with Crippen LogP contribution in [0.4, 0.5) is 5.82 Å². The first kappa shape index (κ1) is 6.15. The van der Waals surface area contributed by atoms with Gasteiger partial charge in [-0.1, -0.05) is 0 Å². The maximum absolute atomic E-state index is 5.63.